The van der Waals surface area contributed by atoms with Crippen LogP contribution in [0.15, 0.2) is 54.6 Å². The fraction of sp³-hybridized carbons (Fsp3) is 0.304. The van der Waals surface area contributed by atoms with Gasteiger partial charge < -0.3 is 14.4 Å². The molecule has 1 aliphatic rings. The lowest BCUT2D eigenvalue weighted by Gasteiger charge is -2.24. The molecule has 1 aliphatic carbocycles. The Morgan fingerprint density at radius 3 is 2.56 bits per heavy atom. The van der Waals surface area contributed by atoms with Crippen LogP contribution in [-0.2, 0) is 17.6 Å². The minimum absolute atomic E-state index is 0.237. The van der Waals surface area contributed by atoms with Crippen molar-refractivity contribution in [1.82, 2.24) is 4.57 Å². The Bertz CT molecular complexity index is 913. The van der Waals surface area contributed by atoms with Gasteiger partial charge in [-0.1, -0.05) is 6.92 Å². The molecule has 1 unspecified atom stereocenters. The van der Waals surface area contributed by atoms with E-state index in [0.29, 0.717) is 0 Å². The number of aromatic nitrogens is 1. The summed E-state index contributed by atoms with van der Waals surface area (Å²) >= 11 is 0. The van der Waals surface area contributed by atoms with Gasteiger partial charge in [-0.05, 0) is 85.0 Å². The summed E-state index contributed by atoms with van der Waals surface area (Å²) in [4.78, 5) is 0. The molecule has 0 spiro atoms. The molecule has 4 heteroatoms. The highest BCUT2D eigenvalue weighted by molar-refractivity contribution is 5.66. The van der Waals surface area contributed by atoms with Crippen LogP contribution in [-0.4, -0.2) is 22.4 Å². The summed E-state index contributed by atoms with van der Waals surface area (Å²) in [5.41, 5.74) is 5.58. The van der Waals surface area contributed by atoms with Crippen LogP contribution in [0.3, 0.4) is 0 Å². The Balaban J connectivity index is 1.79. The second-order valence-electron chi connectivity index (χ2n) is 7.10. The lowest BCUT2D eigenvalue weighted by molar-refractivity contribution is 0.0443. The van der Waals surface area contributed by atoms with Crippen LogP contribution in [0.4, 0.5) is 4.39 Å². The first-order valence-electron chi connectivity index (χ1n) is 9.56. The molecule has 2 aromatic carbocycles. The molecule has 0 saturated carbocycles. The Morgan fingerprint density at radius 1 is 1.11 bits per heavy atom. The van der Waals surface area contributed by atoms with Crippen LogP contribution in [0.5, 0.6) is 5.75 Å². The van der Waals surface area contributed by atoms with Gasteiger partial charge >= 0.3 is 0 Å². The van der Waals surface area contributed by atoms with Crippen molar-refractivity contribution in [3.63, 3.8) is 0 Å². The zero-order valence-corrected chi connectivity index (χ0v) is 15.5. The monoisotopic (exact) mass is 365 g/mol. The van der Waals surface area contributed by atoms with Gasteiger partial charge in [0.05, 0.1) is 11.8 Å². The van der Waals surface area contributed by atoms with E-state index < -0.39 is 0 Å². The molecule has 3 aromatic rings. The van der Waals surface area contributed by atoms with Crippen molar-refractivity contribution >= 4 is 0 Å². The maximum absolute atomic E-state index is 13.4. The third-order valence-electron chi connectivity index (χ3n) is 5.15. The van der Waals surface area contributed by atoms with Crippen molar-refractivity contribution in [2.24, 2.45) is 0 Å². The fourth-order valence-corrected chi connectivity index (χ4v) is 3.85. The standard InChI is InChI=1S/C23H24FNO2/c1-2-13-27-21-11-12-22-17(14-21)15-23(16-3-5-18(24)6-4-16)25(22)19-7-9-20(26)10-8-19/h3-10,15,21,26H,2,11-14H2,1H3. The van der Waals surface area contributed by atoms with E-state index in [1.54, 1.807) is 12.1 Å². The Labute approximate surface area is 159 Å². The fourth-order valence-electron chi connectivity index (χ4n) is 3.85. The van der Waals surface area contributed by atoms with Crippen molar-refractivity contribution in [2.45, 2.75) is 38.7 Å². The summed E-state index contributed by atoms with van der Waals surface area (Å²) in [6.45, 7) is 2.92. The number of benzene rings is 2. The molecule has 1 N–H and O–H groups in total. The van der Waals surface area contributed by atoms with Gasteiger partial charge in [-0.25, -0.2) is 4.39 Å². The molecule has 0 amide bonds. The van der Waals surface area contributed by atoms with Crippen molar-refractivity contribution in [1.29, 1.82) is 0 Å². The lowest BCUT2D eigenvalue weighted by atomic mass is 9.95. The predicted molar refractivity (Wildman–Crippen MR) is 105 cm³/mol. The predicted octanol–water partition coefficient (Wildman–Crippen LogP) is 5.27. The van der Waals surface area contributed by atoms with Gasteiger partial charge in [-0.2, -0.15) is 0 Å². The van der Waals surface area contributed by atoms with Gasteiger partial charge in [0.25, 0.3) is 0 Å². The number of fused-ring (bicyclic) bond motifs is 1. The first kappa shape index (κ1) is 17.8. The van der Waals surface area contributed by atoms with Crippen molar-refractivity contribution in [3.8, 4) is 22.7 Å². The number of phenols is 1. The van der Waals surface area contributed by atoms with Crippen LogP contribution in [0.2, 0.25) is 0 Å². The van der Waals surface area contributed by atoms with Crippen molar-refractivity contribution < 1.29 is 14.2 Å². The molecule has 0 saturated heterocycles. The summed E-state index contributed by atoms with van der Waals surface area (Å²) in [6.07, 6.45) is 4.12. The summed E-state index contributed by atoms with van der Waals surface area (Å²) in [5, 5.41) is 9.66. The average molecular weight is 365 g/mol. The lowest BCUT2D eigenvalue weighted by Crippen LogP contribution is -2.23. The first-order valence-corrected chi connectivity index (χ1v) is 9.56. The molecule has 0 aliphatic heterocycles. The summed E-state index contributed by atoms with van der Waals surface area (Å²) in [7, 11) is 0. The molecular weight excluding hydrogens is 341 g/mol. The molecule has 0 bridgehead atoms. The minimum Gasteiger partial charge on any atom is -0.508 e. The third kappa shape index (κ3) is 3.62. The van der Waals surface area contributed by atoms with Gasteiger partial charge in [-0.15, -0.1) is 0 Å². The van der Waals surface area contributed by atoms with E-state index in [1.165, 1.54) is 23.4 Å². The molecule has 1 heterocycles. The number of aromatic hydroxyl groups is 1. The van der Waals surface area contributed by atoms with Crippen LogP contribution >= 0.6 is 0 Å². The smallest absolute Gasteiger partial charge is 0.123 e. The van der Waals surface area contributed by atoms with E-state index in [4.69, 9.17) is 4.74 Å². The molecule has 0 radical (unpaired) electrons. The molecular formula is C23H24FNO2. The zero-order chi connectivity index (χ0) is 18.8. The molecule has 4 rings (SSSR count). The van der Waals surface area contributed by atoms with E-state index in [9.17, 15) is 9.50 Å². The van der Waals surface area contributed by atoms with Gasteiger partial charge in [0, 0.05) is 24.4 Å². The highest BCUT2D eigenvalue weighted by atomic mass is 19.1. The number of halogens is 1. The van der Waals surface area contributed by atoms with Gasteiger partial charge in [-0.3, -0.25) is 0 Å². The van der Waals surface area contributed by atoms with Crippen LogP contribution in [0.1, 0.15) is 31.0 Å². The number of hydrogen-bond donors (Lipinski definition) is 1. The van der Waals surface area contributed by atoms with E-state index in [1.807, 2.05) is 24.3 Å². The van der Waals surface area contributed by atoms with Gasteiger partial charge in [0.15, 0.2) is 0 Å². The SMILES string of the molecule is CCCOC1CCc2c(cc(-c3ccc(F)cc3)n2-c2ccc(O)cc2)C1. The van der Waals surface area contributed by atoms with Gasteiger partial charge in [0.2, 0.25) is 0 Å². The third-order valence-corrected chi connectivity index (χ3v) is 5.15. The molecule has 27 heavy (non-hydrogen) atoms. The average Bonchev–Trinajstić information content (AvgIpc) is 3.06. The Morgan fingerprint density at radius 2 is 1.85 bits per heavy atom. The highest BCUT2D eigenvalue weighted by Gasteiger charge is 2.25. The van der Waals surface area contributed by atoms with Gasteiger partial charge in [0.1, 0.15) is 11.6 Å². The zero-order valence-electron chi connectivity index (χ0n) is 15.5. The number of nitrogens with zero attached hydrogens (tertiary/aromatic N) is 1. The number of ether oxygens (including phenoxy) is 1. The highest BCUT2D eigenvalue weighted by Crippen LogP contribution is 2.35. The Kier molecular flexibility index (Phi) is 4.99. The largest absolute Gasteiger partial charge is 0.508 e. The summed E-state index contributed by atoms with van der Waals surface area (Å²) in [6, 6.07) is 16.1. The molecule has 140 valence electrons. The van der Waals surface area contributed by atoms with Crippen LogP contribution in [0.25, 0.3) is 16.9 Å². The normalized spacial score (nSPS) is 16.3. The second-order valence-corrected chi connectivity index (χ2v) is 7.10. The molecule has 1 atom stereocenters. The molecule has 3 nitrogen and oxygen atoms in total. The van der Waals surface area contributed by atoms with E-state index >= 15 is 0 Å². The summed E-state index contributed by atoms with van der Waals surface area (Å²) < 4.78 is 21.6. The van der Waals surface area contributed by atoms with Crippen LogP contribution < -0.4 is 0 Å². The van der Waals surface area contributed by atoms with E-state index in [2.05, 4.69) is 17.6 Å². The summed E-state index contributed by atoms with van der Waals surface area (Å²) in [5.74, 6) is 0.00965. The minimum atomic E-state index is -0.237. The second kappa shape index (κ2) is 7.57. The number of phenolic OH excluding ortho intramolecular Hbond substituents is 1. The van der Waals surface area contributed by atoms with Crippen molar-refractivity contribution in [2.75, 3.05) is 6.61 Å². The van der Waals surface area contributed by atoms with E-state index in [-0.39, 0.29) is 17.7 Å². The topological polar surface area (TPSA) is 34.4 Å². The first-order chi connectivity index (χ1) is 13.2. The maximum Gasteiger partial charge on any atom is 0.123 e. The Hall–Kier alpha value is -2.59. The molecule has 0 fully saturated rings. The van der Waals surface area contributed by atoms with Crippen LogP contribution in [0, 0.1) is 5.82 Å². The molecule has 1 aromatic heterocycles. The number of hydrogen-bond acceptors (Lipinski definition) is 2. The number of rotatable bonds is 5. The van der Waals surface area contributed by atoms with Crippen molar-refractivity contribution in [3.05, 3.63) is 71.7 Å². The maximum atomic E-state index is 13.4. The van der Waals surface area contributed by atoms with E-state index in [0.717, 1.165) is 49.2 Å². The quantitative estimate of drug-likeness (QED) is 0.668.